The molecule has 1 aromatic carbocycles. The van der Waals surface area contributed by atoms with Crippen LogP contribution in [-0.4, -0.2) is 5.78 Å². The molecule has 0 bridgehead atoms. The molecule has 1 fully saturated rings. The van der Waals surface area contributed by atoms with E-state index in [-0.39, 0.29) is 11.6 Å². The molecule has 0 radical (unpaired) electrons. The molecule has 0 atom stereocenters. The van der Waals surface area contributed by atoms with Crippen molar-refractivity contribution in [1.82, 2.24) is 0 Å². The minimum absolute atomic E-state index is 0.213. The van der Waals surface area contributed by atoms with Crippen molar-refractivity contribution in [3.8, 4) is 0 Å². The molecule has 1 saturated carbocycles. The Hall–Kier alpha value is -0.890. The molecule has 0 spiro atoms. The van der Waals surface area contributed by atoms with E-state index in [9.17, 15) is 9.18 Å². The number of benzene rings is 1. The zero-order valence-corrected chi connectivity index (χ0v) is 10.5. The van der Waals surface area contributed by atoms with Crippen molar-refractivity contribution in [3.05, 3.63) is 34.6 Å². The summed E-state index contributed by atoms with van der Waals surface area (Å²) >= 11 is 5.90. The Morgan fingerprint density at radius 3 is 2.71 bits per heavy atom. The van der Waals surface area contributed by atoms with E-state index < -0.39 is 0 Å². The van der Waals surface area contributed by atoms with Crippen molar-refractivity contribution < 1.29 is 9.18 Å². The number of hydrogen-bond donors (Lipinski definition) is 0. The van der Waals surface area contributed by atoms with Crippen molar-refractivity contribution >= 4 is 17.4 Å². The fraction of sp³-hybridized carbons (Fsp3) is 0.500. The molecular weight excluding hydrogens is 239 g/mol. The summed E-state index contributed by atoms with van der Waals surface area (Å²) < 4.78 is 12.8. The molecule has 0 saturated heterocycles. The first-order valence-electron chi connectivity index (χ1n) is 6.11. The number of ketones is 1. The van der Waals surface area contributed by atoms with E-state index in [0.717, 1.165) is 5.56 Å². The lowest BCUT2D eigenvalue weighted by atomic mass is 9.97. The van der Waals surface area contributed by atoms with Crippen LogP contribution in [0.3, 0.4) is 0 Å². The number of carbonyl (C=O) groups excluding carboxylic acids is 1. The van der Waals surface area contributed by atoms with Gasteiger partial charge >= 0.3 is 0 Å². The van der Waals surface area contributed by atoms with E-state index in [1.807, 2.05) is 0 Å². The Kier molecular flexibility index (Phi) is 4.16. The van der Waals surface area contributed by atoms with E-state index in [2.05, 4.69) is 0 Å². The second kappa shape index (κ2) is 5.63. The molecule has 0 unspecified atom stereocenters. The standard InChI is InChI=1S/C14H16ClFO/c15-14-9-12(16)6-5-11(14)8-13(17)7-10-3-1-2-4-10/h5-6,9-10H,1-4,7-8H2. The van der Waals surface area contributed by atoms with Crippen molar-refractivity contribution in [2.45, 2.75) is 38.5 Å². The van der Waals surface area contributed by atoms with Gasteiger partial charge in [0.15, 0.2) is 0 Å². The minimum atomic E-state index is -0.359. The second-order valence-electron chi connectivity index (χ2n) is 4.81. The molecule has 1 aromatic rings. The summed E-state index contributed by atoms with van der Waals surface area (Å²) in [4.78, 5) is 11.9. The number of halogens is 2. The lowest BCUT2D eigenvalue weighted by Crippen LogP contribution is -2.08. The molecule has 1 aliphatic carbocycles. The molecule has 1 aliphatic rings. The van der Waals surface area contributed by atoms with Crippen LogP contribution in [-0.2, 0) is 11.2 Å². The van der Waals surface area contributed by atoms with Gasteiger partial charge in [-0.05, 0) is 23.6 Å². The lowest BCUT2D eigenvalue weighted by Gasteiger charge is -2.08. The van der Waals surface area contributed by atoms with Crippen LogP contribution in [0.5, 0.6) is 0 Å². The Morgan fingerprint density at radius 2 is 2.06 bits per heavy atom. The third-order valence-electron chi connectivity index (χ3n) is 3.39. The summed E-state index contributed by atoms with van der Waals surface area (Å²) in [6.45, 7) is 0. The van der Waals surface area contributed by atoms with Crippen LogP contribution in [0, 0.1) is 11.7 Å². The van der Waals surface area contributed by atoms with Crippen LogP contribution in [0.1, 0.15) is 37.7 Å². The van der Waals surface area contributed by atoms with Crippen molar-refractivity contribution in [2.75, 3.05) is 0 Å². The van der Waals surface area contributed by atoms with E-state index in [1.165, 1.54) is 37.8 Å². The Bertz CT molecular complexity index is 411. The van der Waals surface area contributed by atoms with Gasteiger partial charge in [0.25, 0.3) is 0 Å². The largest absolute Gasteiger partial charge is 0.299 e. The molecule has 1 nitrogen and oxygen atoms in total. The molecule has 2 rings (SSSR count). The first kappa shape index (κ1) is 12.6. The number of Topliss-reactive ketones (excluding diaryl/α,β-unsaturated/α-hetero) is 1. The summed E-state index contributed by atoms with van der Waals surface area (Å²) in [6, 6.07) is 4.22. The van der Waals surface area contributed by atoms with Crippen molar-refractivity contribution in [2.24, 2.45) is 5.92 Å². The molecule has 3 heteroatoms. The third-order valence-corrected chi connectivity index (χ3v) is 3.75. The number of hydrogen-bond acceptors (Lipinski definition) is 1. The monoisotopic (exact) mass is 254 g/mol. The van der Waals surface area contributed by atoms with Gasteiger partial charge in [-0.1, -0.05) is 43.4 Å². The van der Waals surface area contributed by atoms with Gasteiger partial charge in [0.05, 0.1) is 0 Å². The molecule has 0 N–H and O–H groups in total. The number of carbonyl (C=O) groups is 1. The first-order chi connectivity index (χ1) is 8.15. The third kappa shape index (κ3) is 3.53. The highest BCUT2D eigenvalue weighted by Crippen LogP contribution is 2.28. The first-order valence-corrected chi connectivity index (χ1v) is 6.48. The van der Waals surface area contributed by atoms with E-state index >= 15 is 0 Å². The van der Waals surface area contributed by atoms with Crippen LogP contribution < -0.4 is 0 Å². The molecule has 0 amide bonds. The fourth-order valence-electron chi connectivity index (χ4n) is 2.49. The quantitative estimate of drug-likeness (QED) is 0.788. The summed E-state index contributed by atoms with van der Waals surface area (Å²) in [5.41, 5.74) is 0.732. The average molecular weight is 255 g/mol. The lowest BCUT2D eigenvalue weighted by molar-refractivity contribution is -0.119. The maximum Gasteiger partial charge on any atom is 0.137 e. The van der Waals surface area contributed by atoms with Gasteiger partial charge in [0.1, 0.15) is 11.6 Å². The van der Waals surface area contributed by atoms with Crippen LogP contribution in [0.2, 0.25) is 5.02 Å². The summed E-state index contributed by atoms with van der Waals surface area (Å²) in [5, 5.41) is 0.352. The van der Waals surface area contributed by atoms with E-state index in [4.69, 9.17) is 11.6 Å². The predicted molar refractivity (Wildman–Crippen MR) is 66.7 cm³/mol. The molecular formula is C14H16ClFO. The zero-order chi connectivity index (χ0) is 12.3. The molecule has 92 valence electrons. The Labute approximate surface area is 106 Å². The average Bonchev–Trinajstić information content (AvgIpc) is 2.75. The van der Waals surface area contributed by atoms with Gasteiger partial charge in [-0.25, -0.2) is 4.39 Å². The van der Waals surface area contributed by atoms with Gasteiger partial charge in [0, 0.05) is 17.9 Å². The Balaban J connectivity index is 1.93. The van der Waals surface area contributed by atoms with Gasteiger partial charge in [0.2, 0.25) is 0 Å². The van der Waals surface area contributed by atoms with Gasteiger partial charge in [-0.2, -0.15) is 0 Å². The van der Waals surface area contributed by atoms with Crippen LogP contribution >= 0.6 is 11.6 Å². The van der Waals surface area contributed by atoms with Crippen LogP contribution in [0.25, 0.3) is 0 Å². The topological polar surface area (TPSA) is 17.1 Å². The van der Waals surface area contributed by atoms with Gasteiger partial charge in [-0.15, -0.1) is 0 Å². The molecule has 17 heavy (non-hydrogen) atoms. The SMILES string of the molecule is O=C(Cc1ccc(F)cc1Cl)CC1CCCC1. The summed E-state index contributed by atoms with van der Waals surface area (Å²) in [7, 11) is 0. The van der Waals surface area contributed by atoms with Gasteiger partial charge < -0.3 is 0 Å². The predicted octanol–water partition coefficient (Wildman–Crippen LogP) is 4.17. The Morgan fingerprint density at radius 1 is 1.35 bits per heavy atom. The van der Waals surface area contributed by atoms with Crippen LogP contribution in [0.15, 0.2) is 18.2 Å². The minimum Gasteiger partial charge on any atom is -0.299 e. The molecule has 0 aromatic heterocycles. The second-order valence-corrected chi connectivity index (χ2v) is 5.21. The van der Waals surface area contributed by atoms with E-state index in [1.54, 1.807) is 6.07 Å². The van der Waals surface area contributed by atoms with Crippen molar-refractivity contribution in [1.29, 1.82) is 0 Å². The van der Waals surface area contributed by atoms with Crippen molar-refractivity contribution in [3.63, 3.8) is 0 Å². The fourth-order valence-corrected chi connectivity index (χ4v) is 2.72. The smallest absolute Gasteiger partial charge is 0.137 e. The summed E-state index contributed by atoms with van der Waals surface area (Å²) in [5.74, 6) is 0.411. The maximum atomic E-state index is 12.8. The summed E-state index contributed by atoms with van der Waals surface area (Å²) in [6.07, 6.45) is 5.81. The van der Waals surface area contributed by atoms with Crippen LogP contribution in [0.4, 0.5) is 4.39 Å². The molecule has 0 heterocycles. The number of rotatable bonds is 4. The zero-order valence-electron chi connectivity index (χ0n) is 9.72. The van der Waals surface area contributed by atoms with Gasteiger partial charge in [-0.3, -0.25) is 4.79 Å². The highest BCUT2D eigenvalue weighted by molar-refractivity contribution is 6.31. The normalized spacial score (nSPS) is 16.4. The highest BCUT2D eigenvalue weighted by atomic mass is 35.5. The molecule has 0 aliphatic heterocycles. The van der Waals surface area contributed by atoms with E-state index in [0.29, 0.717) is 23.8 Å². The highest BCUT2D eigenvalue weighted by Gasteiger charge is 2.19. The maximum absolute atomic E-state index is 12.8.